The van der Waals surface area contributed by atoms with Crippen molar-refractivity contribution in [3.8, 4) is 6.01 Å². The van der Waals surface area contributed by atoms with E-state index in [1.165, 1.54) is 17.3 Å². The van der Waals surface area contributed by atoms with E-state index in [0.29, 0.717) is 11.8 Å². The summed E-state index contributed by atoms with van der Waals surface area (Å²) < 4.78 is 5.22. The molecule has 0 N–H and O–H groups in total. The van der Waals surface area contributed by atoms with Gasteiger partial charge in [-0.25, -0.2) is 0 Å². The Labute approximate surface area is 115 Å². The van der Waals surface area contributed by atoms with Crippen LogP contribution in [0.2, 0.25) is 5.28 Å². The molecule has 0 aliphatic heterocycles. The molecular weight excluding hydrogens is 270 g/mol. The van der Waals surface area contributed by atoms with Crippen LogP contribution in [0.15, 0.2) is 35.5 Å². The van der Waals surface area contributed by atoms with E-state index in [1.54, 1.807) is 0 Å². The Hall–Kier alpha value is -1.33. The Bertz CT molecular complexity index is 510. The zero-order chi connectivity index (χ0) is 12.8. The van der Waals surface area contributed by atoms with Gasteiger partial charge in [-0.15, -0.1) is 0 Å². The van der Waals surface area contributed by atoms with Crippen molar-refractivity contribution in [2.45, 2.75) is 17.8 Å². The van der Waals surface area contributed by atoms with Gasteiger partial charge in [0.2, 0.25) is 5.28 Å². The third kappa shape index (κ3) is 3.85. The molecule has 0 atom stereocenters. The summed E-state index contributed by atoms with van der Waals surface area (Å²) in [6.07, 6.45) is 0. The Balaban J connectivity index is 2.05. The molecule has 0 radical (unpaired) electrons. The van der Waals surface area contributed by atoms with Crippen molar-refractivity contribution >= 4 is 23.4 Å². The number of hydrogen-bond acceptors (Lipinski definition) is 5. The van der Waals surface area contributed by atoms with Gasteiger partial charge >= 0.3 is 6.01 Å². The molecule has 0 amide bonds. The Morgan fingerprint density at radius 2 is 1.94 bits per heavy atom. The van der Waals surface area contributed by atoms with Gasteiger partial charge in [0, 0.05) is 5.75 Å². The third-order valence-corrected chi connectivity index (χ3v) is 3.14. The number of rotatable bonds is 5. The smallest absolute Gasteiger partial charge is 0.321 e. The van der Waals surface area contributed by atoms with Gasteiger partial charge in [0.25, 0.3) is 0 Å². The van der Waals surface area contributed by atoms with Gasteiger partial charge in [-0.3, -0.25) is 0 Å². The molecule has 0 unspecified atom stereocenters. The van der Waals surface area contributed by atoms with Crippen molar-refractivity contribution in [3.05, 3.63) is 41.2 Å². The van der Waals surface area contributed by atoms with Gasteiger partial charge in [0.15, 0.2) is 5.16 Å². The van der Waals surface area contributed by atoms with Crippen LogP contribution >= 0.6 is 23.4 Å². The first-order chi connectivity index (χ1) is 8.78. The van der Waals surface area contributed by atoms with Crippen molar-refractivity contribution in [3.63, 3.8) is 0 Å². The predicted molar refractivity (Wildman–Crippen MR) is 72.0 cm³/mol. The van der Waals surface area contributed by atoms with E-state index >= 15 is 0 Å². The highest BCUT2D eigenvalue weighted by molar-refractivity contribution is 7.98. The van der Waals surface area contributed by atoms with E-state index in [-0.39, 0.29) is 11.3 Å². The fourth-order valence-corrected chi connectivity index (χ4v) is 2.28. The number of benzene rings is 1. The van der Waals surface area contributed by atoms with Gasteiger partial charge in [-0.2, -0.15) is 15.0 Å². The fourth-order valence-electron chi connectivity index (χ4n) is 1.29. The molecule has 0 bridgehead atoms. The summed E-state index contributed by atoms with van der Waals surface area (Å²) in [6.45, 7) is 2.37. The topological polar surface area (TPSA) is 47.9 Å². The number of aromatic nitrogens is 3. The second kappa shape index (κ2) is 6.56. The molecule has 6 heteroatoms. The van der Waals surface area contributed by atoms with E-state index in [1.807, 2.05) is 25.1 Å². The molecule has 0 aliphatic rings. The van der Waals surface area contributed by atoms with Gasteiger partial charge in [-0.1, -0.05) is 42.1 Å². The van der Waals surface area contributed by atoms with Crippen LogP contribution in [0.4, 0.5) is 0 Å². The minimum Gasteiger partial charge on any atom is -0.464 e. The molecule has 4 nitrogen and oxygen atoms in total. The quantitative estimate of drug-likeness (QED) is 0.788. The lowest BCUT2D eigenvalue weighted by atomic mass is 10.2. The average molecular weight is 282 g/mol. The second-order valence-electron chi connectivity index (χ2n) is 3.38. The summed E-state index contributed by atoms with van der Waals surface area (Å²) in [5.74, 6) is 0.784. The van der Waals surface area contributed by atoms with Gasteiger partial charge in [0.1, 0.15) is 0 Å². The molecule has 2 aromatic rings. The molecule has 0 fully saturated rings. The Morgan fingerprint density at radius 1 is 1.17 bits per heavy atom. The lowest BCUT2D eigenvalue weighted by Crippen LogP contribution is -2.00. The SMILES string of the molecule is CCOc1nc(Cl)nc(SCc2ccccc2)n1. The summed E-state index contributed by atoms with van der Waals surface area (Å²) in [5, 5.41) is 0.728. The highest BCUT2D eigenvalue weighted by Gasteiger charge is 2.06. The minimum atomic E-state index is 0.156. The number of halogens is 1. The molecule has 0 saturated carbocycles. The van der Waals surface area contributed by atoms with Crippen molar-refractivity contribution in [1.29, 1.82) is 0 Å². The normalized spacial score (nSPS) is 10.3. The highest BCUT2D eigenvalue weighted by atomic mass is 35.5. The molecule has 0 saturated heterocycles. The van der Waals surface area contributed by atoms with E-state index in [9.17, 15) is 0 Å². The summed E-state index contributed by atoms with van der Waals surface area (Å²) >= 11 is 7.31. The predicted octanol–water partition coefficient (Wildman–Crippen LogP) is 3.22. The number of thioether (sulfide) groups is 1. The first-order valence-corrected chi connectivity index (χ1v) is 6.85. The number of ether oxygens (including phenoxy) is 1. The van der Waals surface area contributed by atoms with Crippen LogP contribution in [-0.2, 0) is 5.75 Å². The van der Waals surface area contributed by atoms with Crippen molar-refractivity contribution in [2.24, 2.45) is 0 Å². The van der Waals surface area contributed by atoms with Crippen molar-refractivity contribution < 1.29 is 4.74 Å². The molecule has 94 valence electrons. The zero-order valence-corrected chi connectivity index (χ0v) is 11.4. The van der Waals surface area contributed by atoms with Crippen LogP contribution in [0.3, 0.4) is 0 Å². The standard InChI is InChI=1S/C12H12ClN3OS/c1-2-17-11-14-10(13)15-12(16-11)18-8-9-6-4-3-5-7-9/h3-7H,2,8H2,1H3. The van der Waals surface area contributed by atoms with Crippen LogP contribution < -0.4 is 4.74 Å². The van der Waals surface area contributed by atoms with Crippen LogP contribution in [0.5, 0.6) is 6.01 Å². The van der Waals surface area contributed by atoms with Gasteiger partial charge in [0.05, 0.1) is 6.61 Å². The lowest BCUT2D eigenvalue weighted by Gasteiger charge is -2.04. The maximum absolute atomic E-state index is 5.81. The summed E-state index contributed by atoms with van der Waals surface area (Å²) in [7, 11) is 0. The molecule has 1 heterocycles. The molecule has 0 spiro atoms. The molecule has 1 aromatic heterocycles. The fraction of sp³-hybridized carbons (Fsp3) is 0.250. The molecular formula is C12H12ClN3OS. The molecule has 0 aliphatic carbocycles. The molecule has 2 rings (SSSR count). The minimum absolute atomic E-state index is 0.156. The average Bonchev–Trinajstić information content (AvgIpc) is 2.37. The van der Waals surface area contributed by atoms with E-state index in [4.69, 9.17) is 16.3 Å². The van der Waals surface area contributed by atoms with E-state index in [2.05, 4.69) is 27.1 Å². The largest absolute Gasteiger partial charge is 0.464 e. The number of hydrogen-bond donors (Lipinski definition) is 0. The van der Waals surface area contributed by atoms with Crippen LogP contribution in [0.1, 0.15) is 12.5 Å². The monoisotopic (exact) mass is 281 g/mol. The third-order valence-electron chi connectivity index (χ3n) is 2.05. The van der Waals surface area contributed by atoms with Gasteiger partial charge < -0.3 is 4.74 Å². The highest BCUT2D eigenvalue weighted by Crippen LogP contribution is 2.21. The van der Waals surface area contributed by atoms with Crippen molar-refractivity contribution in [2.75, 3.05) is 6.61 Å². The second-order valence-corrected chi connectivity index (χ2v) is 4.66. The summed E-state index contributed by atoms with van der Waals surface area (Å²) in [5.41, 5.74) is 1.21. The molecule has 18 heavy (non-hydrogen) atoms. The maximum atomic E-state index is 5.81. The van der Waals surface area contributed by atoms with E-state index in [0.717, 1.165) is 5.75 Å². The summed E-state index contributed by atoms with van der Waals surface area (Å²) in [6, 6.07) is 10.4. The van der Waals surface area contributed by atoms with Gasteiger partial charge in [-0.05, 0) is 24.1 Å². The maximum Gasteiger partial charge on any atom is 0.321 e. The molecule has 1 aromatic carbocycles. The van der Waals surface area contributed by atoms with Crippen molar-refractivity contribution in [1.82, 2.24) is 15.0 Å². The summed E-state index contributed by atoms with van der Waals surface area (Å²) in [4.78, 5) is 12.1. The van der Waals surface area contributed by atoms with Crippen LogP contribution in [-0.4, -0.2) is 21.6 Å². The first kappa shape index (κ1) is 13.1. The van der Waals surface area contributed by atoms with E-state index < -0.39 is 0 Å². The van der Waals surface area contributed by atoms with Crippen LogP contribution in [0, 0.1) is 0 Å². The zero-order valence-electron chi connectivity index (χ0n) is 9.84. The Kier molecular flexibility index (Phi) is 4.78. The van der Waals surface area contributed by atoms with Crippen LogP contribution in [0.25, 0.3) is 0 Å². The lowest BCUT2D eigenvalue weighted by molar-refractivity contribution is 0.307. The Morgan fingerprint density at radius 3 is 2.67 bits per heavy atom. The number of nitrogens with zero attached hydrogens (tertiary/aromatic N) is 3. The first-order valence-electron chi connectivity index (χ1n) is 5.49.